The number of carbonyl (C=O) groups excluding carboxylic acids is 1. The maximum absolute atomic E-state index is 12.9. The Morgan fingerprint density at radius 3 is 2.58 bits per heavy atom. The first-order valence-corrected chi connectivity index (χ1v) is 11.4. The molecule has 12 heteroatoms. The quantitative estimate of drug-likeness (QED) is 0.396. The van der Waals surface area contributed by atoms with E-state index < -0.39 is 21.9 Å². The summed E-state index contributed by atoms with van der Waals surface area (Å²) in [6.45, 7) is 1.07. The maximum atomic E-state index is 12.9. The molecule has 0 spiro atoms. The molecular weight excluding hydrogens is 472 g/mol. The summed E-state index contributed by atoms with van der Waals surface area (Å²) in [5, 5.41) is 23.7. The third-order valence-electron chi connectivity index (χ3n) is 4.65. The van der Waals surface area contributed by atoms with Crippen LogP contribution >= 0.6 is 11.6 Å². The number of carboxylic acids is 1. The number of rotatable bonds is 7. The maximum Gasteiger partial charge on any atom is 0.335 e. The molecule has 1 fully saturated rings. The Labute approximate surface area is 195 Å². The van der Waals surface area contributed by atoms with Crippen molar-refractivity contribution in [3.8, 4) is 6.07 Å². The van der Waals surface area contributed by atoms with Gasteiger partial charge in [-0.3, -0.25) is 4.79 Å². The van der Waals surface area contributed by atoms with Crippen molar-refractivity contribution in [1.29, 1.82) is 5.26 Å². The van der Waals surface area contributed by atoms with Crippen molar-refractivity contribution in [1.82, 2.24) is 4.31 Å². The molecule has 1 amide bonds. The number of anilines is 2. The van der Waals surface area contributed by atoms with Crippen molar-refractivity contribution in [2.45, 2.75) is 4.90 Å². The zero-order valence-corrected chi connectivity index (χ0v) is 18.7. The molecule has 2 aromatic rings. The molecule has 0 aliphatic carbocycles. The third kappa shape index (κ3) is 5.88. The minimum atomic E-state index is -3.77. The van der Waals surface area contributed by atoms with Crippen LogP contribution in [0.5, 0.6) is 0 Å². The van der Waals surface area contributed by atoms with Crippen molar-refractivity contribution >= 4 is 44.9 Å². The zero-order valence-electron chi connectivity index (χ0n) is 17.1. The van der Waals surface area contributed by atoms with E-state index in [1.807, 2.05) is 0 Å². The Hall–Kier alpha value is -3.43. The van der Waals surface area contributed by atoms with Crippen LogP contribution in [0.1, 0.15) is 10.4 Å². The number of aromatic carboxylic acids is 1. The van der Waals surface area contributed by atoms with Crippen LogP contribution in [-0.4, -0.2) is 56.0 Å². The average molecular weight is 491 g/mol. The molecule has 0 radical (unpaired) electrons. The topological polar surface area (TPSA) is 149 Å². The summed E-state index contributed by atoms with van der Waals surface area (Å²) in [6, 6.07) is 11.4. The number of amides is 1. The second kappa shape index (κ2) is 10.5. The van der Waals surface area contributed by atoms with E-state index in [4.69, 9.17) is 21.4 Å². The Morgan fingerprint density at radius 2 is 1.91 bits per heavy atom. The first-order valence-electron chi connectivity index (χ1n) is 9.61. The highest BCUT2D eigenvalue weighted by Gasteiger charge is 2.26. The van der Waals surface area contributed by atoms with E-state index >= 15 is 0 Å². The van der Waals surface area contributed by atoms with Crippen molar-refractivity contribution in [2.75, 3.05) is 36.9 Å². The number of hydrogen-bond acceptors (Lipinski definition) is 7. The van der Waals surface area contributed by atoms with Crippen LogP contribution in [0.25, 0.3) is 0 Å². The van der Waals surface area contributed by atoms with E-state index in [1.54, 1.807) is 6.07 Å². The van der Waals surface area contributed by atoms with Crippen LogP contribution in [-0.2, 0) is 19.6 Å². The van der Waals surface area contributed by atoms with Gasteiger partial charge in [0.1, 0.15) is 11.6 Å². The lowest BCUT2D eigenvalue weighted by Gasteiger charge is -2.26. The van der Waals surface area contributed by atoms with Crippen LogP contribution in [0.2, 0.25) is 5.02 Å². The highest BCUT2D eigenvalue weighted by molar-refractivity contribution is 7.89. The van der Waals surface area contributed by atoms with Gasteiger partial charge in [-0.25, -0.2) is 13.2 Å². The number of carboxylic acid groups (broad SMARTS) is 1. The molecule has 172 valence electrons. The predicted molar refractivity (Wildman–Crippen MR) is 120 cm³/mol. The van der Waals surface area contributed by atoms with Gasteiger partial charge in [-0.05, 0) is 36.4 Å². The molecule has 0 unspecified atom stereocenters. The largest absolute Gasteiger partial charge is 0.478 e. The number of nitrogens with one attached hydrogen (secondary N) is 2. The van der Waals surface area contributed by atoms with Crippen molar-refractivity contribution < 1.29 is 27.9 Å². The van der Waals surface area contributed by atoms with Crippen LogP contribution < -0.4 is 10.6 Å². The number of nitriles is 1. The number of morpholine rings is 1. The normalized spacial score (nSPS) is 14.8. The lowest BCUT2D eigenvalue weighted by Crippen LogP contribution is -2.40. The van der Waals surface area contributed by atoms with Crippen LogP contribution in [0.15, 0.2) is 59.1 Å². The number of hydrogen-bond donors (Lipinski definition) is 3. The molecule has 1 saturated heterocycles. The van der Waals surface area contributed by atoms with Crippen LogP contribution in [0.3, 0.4) is 0 Å². The summed E-state index contributed by atoms with van der Waals surface area (Å²) >= 11 is 6.16. The molecule has 1 aliphatic heterocycles. The molecule has 0 aromatic heterocycles. The summed E-state index contributed by atoms with van der Waals surface area (Å²) < 4.78 is 32.2. The van der Waals surface area contributed by atoms with Crippen LogP contribution in [0.4, 0.5) is 11.4 Å². The molecular formula is C21H19ClN4O6S. The first kappa shape index (κ1) is 24.2. The van der Waals surface area contributed by atoms with Gasteiger partial charge in [0.2, 0.25) is 10.0 Å². The fraction of sp³-hybridized carbons (Fsp3) is 0.190. The molecule has 0 atom stereocenters. The highest BCUT2D eigenvalue weighted by Crippen LogP contribution is 2.27. The van der Waals surface area contributed by atoms with E-state index in [1.165, 1.54) is 46.8 Å². The van der Waals surface area contributed by atoms with Gasteiger partial charge < -0.3 is 20.5 Å². The van der Waals surface area contributed by atoms with Gasteiger partial charge in [-0.15, -0.1) is 0 Å². The minimum Gasteiger partial charge on any atom is -0.478 e. The summed E-state index contributed by atoms with van der Waals surface area (Å²) in [7, 11) is -3.77. The Kier molecular flexibility index (Phi) is 7.67. The van der Waals surface area contributed by atoms with Gasteiger partial charge in [0.25, 0.3) is 5.91 Å². The van der Waals surface area contributed by atoms with E-state index in [-0.39, 0.29) is 45.5 Å². The second-order valence-corrected chi connectivity index (χ2v) is 9.16. The molecule has 10 nitrogen and oxygen atoms in total. The predicted octanol–water partition coefficient (Wildman–Crippen LogP) is 2.52. The first-order chi connectivity index (χ1) is 15.7. The fourth-order valence-electron chi connectivity index (χ4n) is 2.94. The molecule has 33 heavy (non-hydrogen) atoms. The van der Waals surface area contributed by atoms with Crippen LogP contribution in [0, 0.1) is 11.3 Å². The van der Waals surface area contributed by atoms with Gasteiger partial charge in [0, 0.05) is 25.0 Å². The number of halogens is 1. The van der Waals surface area contributed by atoms with Gasteiger partial charge in [-0.2, -0.15) is 9.57 Å². The second-order valence-electron chi connectivity index (χ2n) is 6.81. The van der Waals surface area contributed by atoms with E-state index in [9.17, 15) is 23.3 Å². The molecule has 0 bridgehead atoms. The smallest absolute Gasteiger partial charge is 0.335 e. The number of sulfonamides is 1. The highest BCUT2D eigenvalue weighted by atomic mass is 35.5. The van der Waals surface area contributed by atoms with E-state index in [2.05, 4.69) is 10.6 Å². The Bertz CT molecular complexity index is 1250. The summed E-state index contributed by atoms with van der Waals surface area (Å²) in [5.41, 5.74) is 0.00355. The molecule has 1 heterocycles. The van der Waals surface area contributed by atoms with Crippen molar-refractivity contribution in [2.24, 2.45) is 0 Å². The summed E-state index contributed by atoms with van der Waals surface area (Å²) in [5.74, 6) is -1.95. The monoisotopic (exact) mass is 490 g/mol. The number of ether oxygens (including phenoxy) is 1. The van der Waals surface area contributed by atoms with Gasteiger partial charge in [0.15, 0.2) is 0 Å². The van der Waals surface area contributed by atoms with E-state index in [0.717, 1.165) is 6.20 Å². The molecule has 1 aliphatic rings. The van der Waals surface area contributed by atoms with E-state index in [0.29, 0.717) is 13.2 Å². The minimum absolute atomic E-state index is 0.00172. The lowest BCUT2D eigenvalue weighted by molar-refractivity contribution is -0.112. The molecule has 2 aromatic carbocycles. The van der Waals surface area contributed by atoms with Gasteiger partial charge in [0.05, 0.1) is 34.4 Å². The summed E-state index contributed by atoms with van der Waals surface area (Å²) in [4.78, 5) is 23.5. The zero-order chi connectivity index (χ0) is 24.0. The Morgan fingerprint density at radius 1 is 1.18 bits per heavy atom. The molecule has 3 rings (SSSR count). The van der Waals surface area contributed by atoms with Crippen molar-refractivity contribution in [3.63, 3.8) is 0 Å². The fourth-order valence-corrected chi connectivity index (χ4v) is 4.55. The Balaban J connectivity index is 1.79. The van der Waals surface area contributed by atoms with Gasteiger partial charge >= 0.3 is 5.97 Å². The number of nitrogens with zero attached hydrogens (tertiary/aromatic N) is 2. The standard InChI is InChI=1S/C21H19ClN4O6S/c22-18-5-4-17(33(30,31)26-6-8-32-9-7-26)11-19(18)24-13-15(12-23)20(27)25-16-3-1-2-14(10-16)21(28)29/h1-5,10-11,13,24H,6-9H2,(H,25,27)(H,28,29)/b15-13-. The lowest BCUT2D eigenvalue weighted by atomic mass is 10.2. The summed E-state index contributed by atoms with van der Waals surface area (Å²) in [6.07, 6.45) is 1.09. The molecule has 3 N–H and O–H groups in total. The SMILES string of the molecule is N#C/C(=C/Nc1cc(S(=O)(=O)N2CCOCC2)ccc1Cl)C(=O)Nc1cccc(C(=O)O)c1. The van der Waals surface area contributed by atoms with Gasteiger partial charge in [-0.1, -0.05) is 17.7 Å². The molecule has 0 saturated carbocycles. The third-order valence-corrected chi connectivity index (χ3v) is 6.87. The average Bonchev–Trinajstić information content (AvgIpc) is 2.81. The number of benzene rings is 2. The number of carbonyl (C=O) groups is 2. The van der Waals surface area contributed by atoms with Crippen molar-refractivity contribution in [3.05, 3.63) is 64.8 Å².